The maximum atomic E-state index is 12.0. The normalized spacial score (nSPS) is 12.9. The fourth-order valence-corrected chi connectivity index (χ4v) is 1.52. The average molecular weight is 342 g/mol. The largest absolute Gasteiger partial charge is 0.573 e. The molecule has 0 aliphatic rings. The van der Waals surface area contributed by atoms with Crippen LogP contribution >= 0.6 is 15.9 Å². The van der Waals surface area contributed by atoms with E-state index in [2.05, 4.69) is 20.7 Å². The molecule has 106 valence electrons. The number of hydrogen-bond acceptors (Lipinski definition) is 3. The van der Waals surface area contributed by atoms with Crippen molar-refractivity contribution >= 4 is 21.8 Å². The van der Waals surface area contributed by atoms with Gasteiger partial charge in [0.1, 0.15) is 11.5 Å². The van der Waals surface area contributed by atoms with Crippen molar-refractivity contribution in [2.24, 2.45) is 11.7 Å². The minimum atomic E-state index is -4.76. The summed E-state index contributed by atoms with van der Waals surface area (Å²) < 4.78 is 45.2. The van der Waals surface area contributed by atoms with E-state index < -0.39 is 18.2 Å². The number of amides is 1. The molecule has 19 heavy (non-hydrogen) atoms. The molecule has 1 rings (SSSR count). The van der Waals surface area contributed by atoms with Gasteiger partial charge in [-0.15, -0.1) is 13.2 Å². The van der Waals surface area contributed by atoms with Crippen molar-refractivity contribution in [3.63, 3.8) is 0 Å². The van der Waals surface area contributed by atoms with E-state index >= 15 is 0 Å². The van der Waals surface area contributed by atoms with Gasteiger partial charge in [0.25, 0.3) is 0 Å². The van der Waals surface area contributed by atoms with E-state index in [1.807, 2.05) is 0 Å². The fraction of sp³-hybridized carbons (Fsp3) is 0.364. The van der Waals surface area contributed by atoms with Crippen LogP contribution in [0.15, 0.2) is 22.7 Å². The Morgan fingerprint density at radius 1 is 1.47 bits per heavy atom. The molecule has 0 heterocycles. The number of halogens is 4. The van der Waals surface area contributed by atoms with Crippen LogP contribution in [0.25, 0.3) is 0 Å². The summed E-state index contributed by atoms with van der Waals surface area (Å²) >= 11 is 2.94. The monoisotopic (exact) mass is 341 g/mol. The highest BCUT2D eigenvalue weighted by molar-refractivity contribution is 9.10. The molecule has 0 spiro atoms. The van der Waals surface area contributed by atoms with Crippen molar-refractivity contribution in [2.75, 3.05) is 6.61 Å². The third-order valence-electron chi connectivity index (χ3n) is 2.11. The van der Waals surface area contributed by atoms with Gasteiger partial charge in [0.05, 0.1) is 17.0 Å². The van der Waals surface area contributed by atoms with Gasteiger partial charge in [-0.05, 0) is 34.1 Å². The summed E-state index contributed by atoms with van der Waals surface area (Å²) in [5, 5.41) is 0. The van der Waals surface area contributed by atoms with Crippen molar-refractivity contribution in [1.82, 2.24) is 0 Å². The zero-order valence-corrected chi connectivity index (χ0v) is 11.4. The molecule has 1 amide bonds. The third kappa shape index (κ3) is 5.37. The summed E-state index contributed by atoms with van der Waals surface area (Å²) in [6.45, 7) is 1.62. The highest BCUT2D eigenvalue weighted by Crippen LogP contribution is 2.33. The van der Waals surface area contributed by atoms with E-state index in [9.17, 15) is 18.0 Å². The Hall–Kier alpha value is -1.44. The first kappa shape index (κ1) is 15.6. The van der Waals surface area contributed by atoms with Gasteiger partial charge < -0.3 is 15.2 Å². The minimum absolute atomic E-state index is 0.0429. The van der Waals surface area contributed by atoms with Crippen molar-refractivity contribution in [1.29, 1.82) is 0 Å². The lowest BCUT2D eigenvalue weighted by molar-refractivity contribution is -0.274. The maximum absolute atomic E-state index is 12.0. The van der Waals surface area contributed by atoms with Crippen LogP contribution in [0.4, 0.5) is 13.2 Å². The van der Waals surface area contributed by atoms with Crippen LogP contribution in [-0.4, -0.2) is 18.9 Å². The number of benzene rings is 1. The van der Waals surface area contributed by atoms with E-state index in [-0.39, 0.29) is 16.8 Å². The lowest BCUT2D eigenvalue weighted by Crippen LogP contribution is -2.25. The van der Waals surface area contributed by atoms with E-state index in [0.29, 0.717) is 5.75 Å². The number of ether oxygens (including phenoxy) is 2. The maximum Gasteiger partial charge on any atom is 0.573 e. The van der Waals surface area contributed by atoms with Crippen molar-refractivity contribution < 1.29 is 27.4 Å². The quantitative estimate of drug-likeness (QED) is 0.895. The molecule has 1 atom stereocenters. The Kier molecular flexibility index (Phi) is 5.04. The molecule has 0 bridgehead atoms. The first-order valence-corrected chi connectivity index (χ1v) is 5.96. The van der Waals surface area contributed by atoms with Crippen LogP contribution in [0.1, 0.15) is 6.92 Å². The number of rotatable bonds is 5. The number of primary amides is 1. The molecule has 0 aromatic heterocycles. The second-order valence-corrected chi connectivity index (χ2v) is 4.61. The van der Waals surface area contributed by atoms with Crippen molar-refractivity contribution in [3.8, 4) is 11.5 Å². The molecule has 1 aromatic rings. The van der Waals surface area contributed by atoms with Crippen molar-refractivity contribution in [2.45, 2.75) is 13.3 Å². The van der Waals surface area contributed by atoms with Crippen LogP contribution in [0.3, 0.4) is 0 Å². The molecule has 4 nitrogen and oxygen atoms in total. The van der Waals surface area contributed by atoms with Gasteiger partial charge in [-0.2, -0.15) is 0 Å². The Labute approximate surface area is 115 Å². The molecule has 0 aliphatic carbocycles. The molecule has 2 N–H and O–H groups in total. The molecular weight excluding hydrogens is 331 g/mol. The van der Waals surface area contributed by atoms with Crippen LogP contribution in [0.2, 0.25) is 0 Å². The fourth-order valence-electron chi connectivity index (χ4n) is 1.08. The van der Waals surface area contributed by atoms with Gasteiger partial charge in [-0.3, -0.25) is 4.79 Å². The molecule has 1 unspecified atom stereocenters. The SMILES string of the molecule is CC(COc1ccc(OC(F)(F)F)c(Br)c1)C(N)=O. The predicted molar refractivity (Wildman–Crippen MR) is 64.7 cm³/mol. The molecule has 8 heteroatoms. The second-order valence-electron chi connectivity index (χ2n) is 3.75. The van der Waals surface area contributed by atoms with E-state index in [1.165, 1.54) is 12.1 Å². The van der Waals surface area contributed by atoms with Gasteiger partial charge in [-0.1, -0.05) is 6.92 Å². The first-order valence-electron chi connectivity index (χ1n) is 5.16. The van der Waals surface area contributed by atoms with Crippen LogP contribution in [0.5, 0.6) is 11.5 Å². The van der Waals surface area contributed by atoms with Gasteiger partial charge in [0.2, 0.25) is 5.91 Å². The Balaban J connectivity index is 2.69. The van der Waals surface area contributed by atoms with Crippen LogP contribution in [-0.2, 0) is 4.79 Å². The number of nitrogens with two attached hydrogens (primary N) is 1. The number of carbonyl (C=O) groups excluding carboxylic acids is 1. The highest BCUT2D eigenvalue weighted by Gasteiger charge is 2.32. The number of alkyl halides is 3. The van der Waals surface area contributed by atoms with Gasteiger partial charge >= 0.3 is 6.36 Å². The molecule has 0 saturated carbocycles. The number of hydrogen-bond donors (Lipinski definition) is 1. The summed E-state index contributed by atoms with van der Waals surface area (Å²) in [6, 6.07) is 3.73. The summed E-state index contributed by atoms with van der Waals surface area (Å²) in [5.41, 5.74) is 5.05. The molecule has 0 saturated heterocycles. The number of carbonyl (C=O) groups is 1. The molecule has 0 radical (unpaired) electrons. The zero-order chi connectivity index (χ0) is 14.6. The van der Waals surface area contributed by atoms with Crippen LogP contribution < -0.4 is 15.2 Å². The van der Waals surface area contributed by atoms with Gasteiger partial charge in [0, 0.05) is 0 Å². The van der Waals surface area contributed by atoms with E-state index in [0.717, 1.165) is 6.07 Å². The Morgan fingerprint density at radius 2 is 2.11 bits per heavy atom. The van der Waals surface area contributed by atoms with Crippen LogP contribution in [0, 0.1) is 5.92 Å². The van der Waals surface area contributed by atoms with Gasteiger partial charge in [0.15, 0.2) is 0 Å². The van der Waals surface area contributed by atoms with Crippen molar-refractivity contribution in [3.05, 3.63) is 22.7 Å². The molecule has 0 fully saturated rings. The molecule has 0 aliphatic heterocycles. The average Bonchev–Trinajstić information content (AvgIpc) is 2.27. The summed E-state index contributed by atoms with van der Waals surface area (Å²) in [4.78, 5) is 10.8. The lowest BCUT2D eigenvalue weighted by atomic mass is 10.2. The third-order valence-corrected chi connectivity index (χ3v) is 2.73. The summed E-state index contributed by atoms with van der Waals surface area (Å²) in [7, 11) is 0. The predicted octanol–water partition coefficient (Wildman–Crippen LogP) is 2.85. The molecular formula is C11H11BrF3NO3. The standard InChI is InChI=1S/C11H11BrF3NO3/c1-6(10(16)17)5-18-7-2-3-9(8(12)4-7)19-11(13,14)15/h2-4,6H,5H2,1H3,(H2,16,17). The zero-order valence-electron chi connectivity index (χ0n) is 9.83. The lowest BCUT2D eigenvalue weighted by Gasteiger charge is -2.13. The summed E-state index contributed by atoms with van der Waals surface area (Å²) in [6.07, 6.45) is -4.76. The Bertz CT molecular complexity index is 465. The smallest absolute Gasteiger partial charge is 0.493 e. The Morgan fingerprint density at radius 3 is 2.58 bits per heavy atom. The second kappa shape index (κ2) is 6.14. The van der Waals surface area contributed by atoms with Gasteiger partial charge in [-0.25, -0.2) is 0 Å². The summed E-state index contributed by atoms with van der Waals surface area (Å²) in [5.74, 6) is -1.08. The highest BCUT2D eigenvalue weighted by atomic mass is 79.9. The minimum Gasteiger partial charge on any atom is -0.493 e. The first-order chi connectivity index (χ1) is 8.69. The van der Waals surface area contributed by atoms with E-state index in [1.54, 1.807) is 6.92 Å². The van der Waals surface area contributed by atoms with E-state index in [4.69, 9.17) is 10.5 Å². The molecule has 1 aromatic carbocycles. The topological polar surface area (TPSA) is 61.6 Å².